The lowest BCUT2D eigenvalue weighted by Gasteiger charge is -2.39. The molecule has 0 aromatic heterocycles. The lowest BCUT2D eigenvalue weighted by molar-refractivity contribution is 0.0638. The van der Waals surface area contributed by atoms with Crippen molar-refractivity contribution in [2.75, 3.05) is 20.1 Å². The Labute approximate surface area is 117 Å². The topological polar surface area (TPSA) is 60.9 Å². The summed E-state index contributed by atoms with van der Waals surface area (Å²) in [6.45, 7) is 5.01. The Hall–Kier alpha value is -0.170. The van der Waals surface area contributed by atoms with Crippen LogP contribution in [0.4, 0.5) is 0 Å². The first kappa shape index (κ1) is 16.9. The van der Waals surface area contributed by atoms with Crippen LogP contribution in [0.2, 0.25) is 0 Å². The van der Waals surface area contributed by atoms with E-state index in [9.17, 15) is 13.5 Å². The smallest absolute Gasteiger partial charge is 0.282 e. The van der Waals surface area contributed by atoms with Crippen LogP contribution < -0.4 is 0 Å². The van der Waals surface area contributed by atoms with Gasteiger partial charge in [0.25, 0.3) is 10.2 Å². The summed E-state index contributed by atoms with van der Waals surface area (Å²) >= 11 is 0. The van der Waals surface area contributed by atoms with Crippen molar-refractivity contribution in [3.63, 3.8) is 0 Å². The standard InChI is InChI=1S/C13H28N2O3S/c1-4-6-10-14(3)19(17,18)15-11-8-7-9-12(15)13(16)5-2/h12-13,16H,4-11H2,1-3H3/t12-,13+/m0/s1. The van der Waals surface area contributed by atoms with E-state index in [1.54, 1.807) is 7.05 Å². The van der Waals surface area contributed by atoms with E-state index in [2.05, 4.69) is 0 Å². The van der Waals surface area contributed by atoms with Gasteiger partial charge in [0.1, 0.15) is 0 Å². The maximum Gasteiger partial charge on any atom is 0.282 e. The minimum absolute atomic E-state index is 0.257. The van der Waals surface area contributed by atoms with Crippen molar-refractivity contribution in [2.45, 2.75) is 64.5 Å². The van der Waals surface area contributed by atoms with Crippen LogP contribution in [0.15, 0.2) is 0 Å². The minimum atomic E-state index is -3.43. The maximum absolute atomic E-state index is 12.6. The third kappa shape index (κ3) is 4.15. The molecule has 2 atom stereocenters. The van der Waals surface area contributed by atoms with Gasteiger partial charge >= 0.3 is 0 Å². The molecule has 0 saturated carbocycles. The van der Waals surface area contributed by atoms with Crippen molar-refractivity contribution >= 4 is 10.2 Å². The molecular formula is C13H28N2O3S. The lowest BCUT2D eigenvalue weighted by Crippen LogP contribution is -2.53. The molecule has 0 aromatic rings. The molecule has 0 amide bonds. The molecule has 5 nitrogen and oxygen atoms in total. The molecular weight excluding hydrogens is 264 g/mol. The van der Waals surface area contributed by atoms with Crippen LogP contribution in [-0.2, 0) is 10.2 Å². The zero-order chi connectivity index (χ0) is 14.5. The summed E-state index contributed by atoms with van der Waals surface area (Å²) in [5.41, 5.74) is 0. The van der Waals surface area contributed by atoms with Gasteiger partial charge in [-0.3, -0.25) is 0 Å². The lowest BCUT2D eigenvalue weighted by atomic mass is 9.98. The van der Waals surface area contributed by atoms with Gasteiger partial charge in [0.2, 0.25) is 0 Å². The number of unbranched alkanes of at least 4 members (excludes halogenated alkanes) is 1. The van der Waals surface area contributed by atoms with E-state index in [-0.39, 0.29) is 6.04 Å². The normalized spacial score (nSPS) is 23.7. The quantitative estimate of drug-likeness (QED) is 0.775. The third-order valence-electron chi connectivity index (χ3n) is 3.88. The predicted molar refractivity (Wildman–Crippen MR) is 77.1 cm³/mol. The summed E-state index contributed by atoms with van der Waals surface area (Å²) in [6.07, 6.45) is 4.51. The van der Waals surface area contributed by atoms with Gasteiger partial charge in [0.15, 0.2) is 0 Å². The molecule has 1 heterocycles. The van der Waals surface area contributed by atoms with Crippen molar-refractivity contribution in [1.29, 1.82) is 0 Å². The zero-order valence-corrected chi connectivity index (χ0v) is 13.2. The summed E-state index contributed by atoms with van der Waals surface area (Å²) < 4.78 is 28.1. The SMILES string of the molecule is CCCCN(C)S(=O)(=O)N1CCCC[C@H]1[C@H](O)CC. The number of aliphatic hydroxyl groups is 1. The number of hydrogen-bond acceptors (Lipinski definition) is 3. The second-order valence-corrected chi connectivity index (χ2v) is 7.32. The third-order valence-corrected chi connectivity index (χ3v) is 5.89. The molecule has 19 heavy (non-hydrogen) atoms. The molecule has 0 radical (unpaired) electrons. The number of nitrogens with zero attached hydrogens (tertiary/aromatic N) is 2. The molecule has 6 heteroatoms. The second-order valence-electron chi connectivity index (χ2n) is 5.33. The fourth-order valence-electron chi connectivity index (χ4n) is 2.55. The Balaban J connectivity index is 2.83. The highest BCUT2D eigenvalue weighted by Crippen LogP contribution is 2.25. The van der Waals surface area contributed by atoms with Crippen molar-refractivity contribution in [2.24, 2.45) is 0 Å². The first-order chi connectivity index (χ1) is 8.95. The van der Waals surface area contributed by atoms with Crippen LogP contribution in [0, 0.1) is 0 Å². The molecule has 1 saturated heterocycles. The van der Waals surface area contributed by atoms with Gasteiger partial charge in [-0.05, 0) is 25.7 Å². The molecule has 1 N–H and O–H groups in total. The number of piperidine rings is 1. The first-order valence-electron chi connectivity index (χ1n) is 7.36. The van der Waals surface area contributed by atoms with Crippen LogP contribution >= 0.6 is 0 Å². The predicted octanol–water partition coefficient (Wildman–Crippen LogP) is 1.59. The molecule has 0 aromatic carbocycles. The van der Waals surface area contributed by atoms with Crippen molar-refractivity contribution in [3.05, 3.63) is 0 Å². The largest absolute Gasteiger partial charge is 0.391 e. The van der Waals surface area contributed by atoms with Gasteiger partial charge in [-0.15, -0.1) is 0 Å². The molecule has 114 valence electrons. The van der Waals surface area contributed by atoms with Crippen molar-refractivity contribution < 1.29 is 13.5 Å². The zero-order valence-electron chi connectivity index (χ0n) is 12.4. The van der Waals surface area contributed by atoms with Gasteiger partial charge in [0.05, 0.1) is 12.1 Å². The number of rotatable bonds is 7. The van der Waals surface area contributed by atoms with Gasteiger partial charge in [-0.1, -0.05) is 26.7 Å². The summed E-state index contributed by atoms with van der Waals surface area (Å²) in [5, 5.41) is 10.0. The van der Waals surface area contributed by atoms with E-state index >= 15 is 0 Å². The Morgan fingerprint density at radius 1 is 1.37 bits per heavy atom. The van der Waals surface area contributed by atoms with Gasteiger partial charge in [-0.25, -0.2) is 0 Å². The molecule has 0 unspecified atom stereocenters. The Kier molecular flexibility index (Phi) is 6.73. The van der Waals surface area contributed by atoms with Gasteiger partial charge in [0, 0.05) is 20.1 Å². The molecule has 0 spiro atoms. The molecule has 0 aliphatic carbocycles. The van der Waals surface area contributed by atoms with Crippen LogP contribution in [0.3, 0.4) is 0 Å². The Morgan fingerprint density at radius 2 is 2.05 bits per heavy atom. The van der Waals surface area contributed by atoms with E-state index in [1.165, 1.54) is 8.61 Å². The maximum atomic E-state index is 12.6. The molecule has 1 aliphatic rings. The minimum Gasteiger partial charge on any atom is -0.391 e. The van der Waals surface area contributed by atoms with E-state index in [0.29, 0.717) is 19.5 Å². The molecule has 1 rings (SSSR count). The fraction of sp³-hybridized carbons (Fsp3) is 1.00. The van der Waals surface area contributed by atoms with Crippen LogP contribution in [0.25, 0.3) is 0 Å². The Morgan fingerprint density at radius 3 is 2.63 bits per heavy atom. The van der Waals surface area contributed by atoms with Crippen molar-refractivity contribution in [3.8, 4) is 0 Å². The summed E-state index contributed by atoms with van der Waals surface area (Å²) in [4.78, 5) is 0. The molecule has 1 fully saturated rings. The van der Waals surface area contributed by atoms with Crippen LogP contribution in [0.5, 0.6) is 0 Å². The van der Waals surface area contributed by atoms with E-state index in [1.807, 2.05) is 13.8 Å². The second kappa shape index (κ2) is 7.57. The first-order valence-corrected chi connectivity index (χ1v) is 8.76. The summed E-state index contributed by atoms with van der Waals surface area (Å²) in [5.74, 6) is 0. The number of aliphatic hydroxyl groups excluding tert-OH is 1. The fourth-order valence-corrected chi connectivity index (χ4v) is 4.21. The Bertz CT molecular complexity index is 359. The van der Waals surface area contributed by atoms with E-state index in [0.717, 1.165) is 32.1 Å². The summed E-state index contributed by atoms with van der Waals surface area (Å²) in [7, 11) is -1.80. The van der Waals surface area contributed by atoms with Gasteiger partial charge < -0.3 is 5.11 Å². The van der Waals surface area contributed by atoms with Gasteiger partial charge in [-0.2, -0.15) is 17.0 Å². The molecule has 1 aliphatic heterocycles. The van der Waals surface area contributed by atoms with Crippen LogP contribution in [0.1, 0.15) is 52.4 Å². The van der Waals surface area contributed by atoms with Crippen LogP contribution in [-0.4, -0.2) is 54.4 Å². The average Bonchev–Trinajstić information content (AvgIpc) is 2.43. The van der Waals surface area contributed by atoms with E-state index < -0.39 is 16.3 Å². The van der Waals surface area contributed by atoms with E-state index in [4.69, 9.17) is 0 Å². The highest BCUT2D eigenvalue weighted by Gasteiger charge is 2.37. The highest BCUT2D eigenvalue weighted by molar-refractivity contribution is 7.86. The monoisotopic (exact) mass is 292 g/mol. The van der Waals surface area contributed by atoms with Crippen molar-refractivity contribution in [1.82, 2.24) is 8.61 Å². The highest BCUT2D eigenvalue weighted by atomic mass is 32.2. The average molecular weight is 292 g/mol. The summed E-state index contributed by atoms with van der Waals surface area (Å²) in [6, 6.07) is -0.257. The molecule has 0 bridgehead atoms. The number of hydrogen-bond donors (Lipinski definition) is 1.